The van der Waals surface area contributed by atoms with Crippen molar-refractivity contribution in [3.63, 3.8) is 0 Å². The summed E-state index contributed by atoms with van der Waals surface area (Å²) in [7, 11) is 0. The van der Waals surface area contributed by atoms with Gasteiger partial charge in [-0.3, -0.25) is 9.20 Å². The third-order valence-corrected chi connectivity index (χ3v) is 6.98. The quantitative estimate of drug-likeness (QED) is 0.514. The van der Waals surface area contributed by atoms with Crippen molar-refractivity contribution in [1.29, 1.82) is 0 Å². The van der Waals surface area contributed by atoms with Gasteiger partial charge in [-0.1, -0.05) is 36.4 Å². The van der Waals surface area contributed by atoms with Gasteiger partial charge in [0.2, 0.25) is 0 Å². The summed E-state index contributed by atoms with van der Waals surface area (Å²) >= 11 is 0. The van der Waals surface area contributed by atoms with Gasteiger partial charge in [-0.05, 0) is 42.3 Å². The first-order chi connectivity index (χ1) is 15.2. The molecule has 0 saturated carbocycles. The molecule has 5 heteroatoms. The number of hydrogen-bond acceptors (Lipinski definition) is 4. The Kier molecular flexibility index (Phi) is 4.32. The predicted molar refractivity (Wildman–Crippen MR) is 122 cm³/mol. The first kappa shape index (κ1) is 18.6. The number of benzene rings is 2. The van der Waals surface area contributed by atoms with Crippen LogP contribution in [-0.4, -0.2) is 40.5 Å². The van der Waals surface area contributed by atoms with Crippen molar-refractivity contribution in [2.45, 2.75) is 19.3 Å². The molecule has 5 nitrogen and oxygen atoms in total. The van der Waals surface area contributed by atoms with E-state index in [2.05, 4.69) is 46.3 Å². The number of hydrogen-bond donors (Lipinski definition) is 0. The molecule has 6 rings (SSSR count). The summed E-state index contributed by atoms with van der Waals surface area (Å²) in [6.45, 7) is 5.60. The normalized spacial score (nSPS) is 20.5. The van der Waals surface area contributed by atoms with E-state index in [1.807, 2.05) is 25.1 Å². The van der Waals surface area contributed by atoms with Crippen LogP contribution in [0.5, 0.6) is 5.75 Å². The van der Waals surface area contributed by atoms with Crippen LogP contribution in [0.2, 0.25) is 0 Å². The highest BCUT2D eigenvalue weighted by Crippen LogP contribution is 2.45. The highest BCUT2D eigenvalue weighted by molar-refractivity contribution is 5.88. The molecule has 2 atom stereocenters. The van der Waals surface area contributed by atoms with Crippen molar-refractivity contribution in [2.75, 3.05) is 26.2 Å². The van der Waals surface area contributed by atoms with Crippen molar-refractivity contribution < 1.29 is 4.74 Å². The van der Waals surface area contributed by atoms with Crippen LogP contribution in [0.4, 0.5) is 0 Å². The van der Waals surface area contributed by atoms with Gasteiger partial charge in [0.25, 0.3) is 5.56 Å². The van der Waals surface area contributed by atoms with Gasteiger partial charge in [0.15, 0.2) is 0 Å². The molecule has 4 heterocycles. The summed E-state index contributed by atoms with van der Waals surface area (Å²) in [4.78, 5) is 20.1. The Balaban J connectivity index is 1.27. The van der Waals surface area contributed by atoms with Crippen molar-refractivity contribution in [3.8, 4) is 5.75 Å². The zero-order valence-electron chi connectivity index (χ0n) is 17.6. The van der Waals surface area contributed by atoms with Crippen LogP contribution >= 0.6 is 0 Å². The Morgan fingerprint density at radius 2 is 1.94 bits per heavy atom. The van der Waals surface area contributed by atoms with E-state index in [4.69, 9.17) is 4.74 Å². The summed E-state index contributed by atoms with van der Waals surface area (Å²) in [6.07, 6.45) is 2.52. The number of pyridine rings is 1. The third-order valence-electron chi connectivity index (χ3n) is 6.98. The molecule has 1 fully saturated rings. The molecule has 2 aliphatic heterocycles. The van der Waals surface area contributed by atoms with Crippen LogP contribution < -0.4 is 10.3 Å². The third kappa shape index (κ3) is 3.03. The summed E-state index contributed by atoms with van der Waals surface area (Å²) < 4.78 is 7.81. The van der Waals surface area contributed by atoms with E-state index in [1.54, 1.807) is 10.6 Å². The van der Waals surface area contributed by atoms with E-state index in [0.717, 1.165) is 49.7 Å². The maximum atomic E-state index is 13.0. The second-order valence-electron chi connectivity index (χ2n) is 8.80. The maximum absolute atomic E-state index is 13.0. The number of likely N-dealkylation sites (tertiary alicyclic amines) is 1. The molecule has 4 aromatic rings. The Labute approximate surface area is 180 Å². The van der Waals surface area contributed by atoms with Gasteiger partial charge in [-0.2, -0.15) is 0 Å². The summed E-state index contributed by atoms with van der Waals surface area (Å²) in [5.41, 5.74) is 3.79. The molecule has 2 aromatic heterocycles. The van der Waals surface area contributed by atoms with Crippen LogP contribution in [-0.2, 0) is 6.42 Å². The average molecular weight is 412 g/mol. The lowest BCUT2D eigenvalue weighted by Gasteiger charge is -2.29. The highest BCUT2D eigenvalue weighted by Gasteiger charge is 2.39. The minimum absolute atomic E-state index is 0.0550. The Bertz CT molecular complexity index is 1360. The topological polar surface area (TPSA) is 46.8 Å². The standard InChI is InChI=1S/C26H25N3O2/c1-17-20(26(30)29-12-5-4-8-24(29)27-17)11-13-28-14-19-16-31-23-10-9-18-6-2-3-7-21(18)25(23)22(19)15-28/h2-10,12,19,22H,11,13-16H2,1H3/t19-,22-/m1/s1. The number of ether oxygens (including phenoxy) is 1. The summed E-state index contributed by atoms with van der Waals surface area (Å²) in [5.74, 6) is 2.01. The minimum Gasteiger partial charge on any atom is -0.493 e. The monoisotopic (exact) mass is 411 g/mol. The van der Waals surface area contributed by atoms with E-state index in [0.29, 0.717) is 17.5 Å². The molecule has 2 aliphatic rings. The van der Waals surface area contributed by atoms with E-state index in [-0.39, 0.29) is 5.56 Å². The lowest BCUT2D eigenvalue weighted by molar-refractivity contribution is 0.214. The van der Waals surface area contributed by atoms with Crippen LogP contribution in [0, 0.1) is 12.8 Å². The van der Waals surface area contributed by atoms with Gasteiger partial charge in [0.05, 0.1) is 6.61 Å². The van der Waals surface area contributed by atoms with Gasteiger partial charge < -0.3 is 9.64 Å². The largest absolute Gasteiger partial charge is 0.493 e. The summed E-state index contributed by atoms with van der Waals surface area (Å²) in [6, 6.07) is 18.6. The van der Waals surface area contributed by atoms with E-state index >= 15 is 0 Å². The maximum Gasteiger partial charge on any atom is 0.261 e. The Morgan fingerprint density at radius 1 is 1.06 bits per heavy atom. The van der Waals surface area contributed by atoms with Crippen molar-refractivity contribution in [3.05, 3.63) is 88.0 Å². The lowest BCUT2D eigenvalue weighted by atomic mass is 9.84. The SMILES string of the molecule is Cc1nc2ccccn2c(=O)c1CCN1C[C@@H]2COc3ccc4ccccc4c3[C@@H]2C1. The highest BCUT2D eigenvalue weighted by atomic mass is 16.5. The van der Waals surface area contributed by atoms with Crippen molar-refractivity contribution in [1.82, 2.24) is 14.3 Å². The lowest BCUT2D eigenvalue weighted by Crippen LogP contribution is -2.28. The molecular weight excluding hydrogens is 386 g/mol. The fourth-order valence-electron chi connectivity index (χ4n) is 5.41. The Morgan fingerprint density at radius 3 is 2.87 bits per heavy atom. The second-order valence-corrected chi connectivity index (χ2v) is 8.80. The fraction of sp³-hybridized carbons (Fsp3) is 0.308. The van der Waals surface area contributed by atoms with Crippen LogP contribution in [0.25, 0.3) is 16.4 Å². The molecule has 1 saturated heterocycles. The van der Waals surface area contributed by atoms with Gasteiger partial charge >= 0.3 is 0 Å². The molecule has 0 unspecified atom stereocenters. The number of nitrogens with zero attached hydrogens (tertiary/aromatic N) is 3. The van der Waals surface area contributed by atoms with Crippen molar-refractivity contribution >= 4 is 16.4 Å². The van der Waals surface area contributed by atoms with E-state index in [1.165, 1.54) is 16.3 Å². The van der Waals surface area contributed by atoms with Gasteiger partial charge in [-0.15, -0.1) is 0 Å². The molecule has 0 spiro atoms. The predicted octanol–water partition coefficient (Wildman–Crippen LogP) is 3.81. The fourth-order valence-corrected chi connectivity index (χ4v) is 5.41. The zero-order chi connectivity index (χ0) is 20.9. The van der Waals surface area contributed by atoms with Gasteiger partial charge in [0, 0.05) is 54.5 Å². The molecule has 0 N–H and O–H groups in total. The minimum atomic E-state index is 0.0550. The van der Waals surface area contributed by atoms with Crippen LogP contribution in [0.1, 0.15) is 22.7 Å². The number of aromatic nitrogens is 2. The smallest absolute Gasteiger partial charge is 0.261 e. The molecule has 156 valence electrons. The van der Waals surface area contributed by atoms with Crippen LogP contribution in [0.3, 0.4) is 0 Å². The van der Waals surface area contributed by atoms with Crippen molar-refractivity contribution in [2.24, 2.45) is 5.92 Å². The molecule has 0 radical (unpaired) electrons. The van der Waals surface area contributed by atoms with Crippen LogP contribution in [0.15, 0.2) is 65.6 Å². The molecule has 31 heavy (non-hydrogen) atoms. The first-order valence-corrected chi connectivity index (χ1v) is 11.0. The number of rotatable bonds is 3. The summed E-state index contributed by atoms with van der Waals surface area (Å²) in [5, 5.41) is 2.58. The van der Waals surface area contributed by atoms with Gasteiger partial charge in [-0.25, -0.2) is 4.98 Å². The number of aryl methyl sites for hydroxylation is 1. The van der Waals surface area contributed by atoms with Gasteiger partial charge in [0.1, 0.15) is 11.4 Å². The molecular formula is C26H25N3O2. The average Bonchev–Trinajstić information content (AvgIpc) is 3.22. The van der Waals surface area contributed by atoms with E-state index in [9.17, 15) is 4.79 Å². The second kappa shape index (κ2) is 7.20. The first-order valence-electron chi connectivity index (χ1n) is 11.0. The Hall–Kier alpha value is -3.18. The molecule has 0 bridgehead atoms. The zero-order valence-corrected chi connectivity index (χ0v) is 17.6. The van der Waals surface area contributed by atoms with E-state index < -0.39 is 0 Å². The molecule has 0 aliphatic carbocycles. The molecule has 0 amide bonds. The number of fused-ring (bicyclic) bond motifs is 6. The molecule has 2 aromatic carbocycles.